The Morgan fingerprint density at radius 3 is 1.70 bits per heavy atom. The fourth-order valence-corrected chi connectivity index (χ4v) is 1.15. The van der Waals surface area contributed by atoms with Crippen molar-refractivity contribution in [3.8, 4) is 0 Å². The molecule has 0 heterocycles. The lowest BCUT2D eigenvalue weighted by atomic mass is 10.0. The Morgan fingerprint density at radius 2 is 1.30 bits per heavy atom. The second-order valence-electron chi connectivity index (χ2n) is 2.76. The summed E-state index contributed by atoms with van der Waals surface area (Å²) in [6.07, 6.45) is 6.27. The van der Waals surface area contributed by atoms with Gasteiger partial charge in [0.2, 0.25) is 0 Å². The van der Waals surface area contributed by atoms with Gasteiger partial charge < -0.3 is 10.2 Å². The first kappa shape index (κ1) is 7.76. The van der Waals surface area contributed by atoms with Crippen LogP contribution in [-0.2, 0) is 0 Å². The van der Waals surface area contributed by atoms with Gasteiger partial charge in [0.15, 0.2) is 0 Å². The van der Waals surface area contributed by atoms with E-state index in [0.717, 1.165) is 12.8 Å². The van der Waals surface area contributed by atoms with Crippen LogP contribution < -0.4 is 0 Å². The maximum absolute atomic E-state index is 9.20. The Balaban J connectivity index is 2.40. The van der Waals surface area contributed by atoms with E-state index >= 15 is 0 Å². The van der Waals surface area contributed by atoms with E-state index in [-0.39, 0.29) is 0 Å². The van der Waals surface area contributed by atoms with Crippen molar-refractivity contribution < 1.29 is 10.2 Å². The Kier molecular flexibility index (Phi) is 2.90. The normalized spacial score (nSPS) is 38.2. The molecule has 2 heteroatoms. The molecule has 0 amide bonds. The minimum Gasteiger partial charge on any atom is -0.390 e. The highest BCUT2D eigenvalue weighted by Gasteiger charge is 2.15. The number of rotatable bonds is 0. The predicted octanol–water partition coefficient (Wildman–Crippen LogP) is 0.838. The minimum atomic E-state index is -0.509. The fourth-order valence-electron chi connectivity index (χ4n) is 1.15. The van der Waals surface area contributed by atoms with Crippen LogP contribution >= 0.6 is 0 Å². The molecule has 0 aliphatic heterocycles. The highest BCUT2D eigenvalue weighted by atomic mass is 16.3. The largest absolute Gasteiger partial charge is 0.390 e. The van der Waals surface area contributed by atoms with Crippen molar-refractivity contribution >= 4 is 0 Å². The van der Waals surface area contributed by atoms with E-state index in [2.05, 4.69) is 12.2 Å². The molecule has 2 nitrogen and oxygen atoms in total. The van der Waals surface area contributed by atoms with Crippen LogP contribution in [0.5, 0.6) is 0 Å². The van der Waals surface area contributed by atoms with Gasteiger partial charge in [0.25, 0.3) is 0 Å². The molecule has 0 aromatic carbocycles. The molecule has 1 rings (SSSR count). The molecular weight excluding hydrogens is 128 g/mol. The summed E-state index contributed by atoms with van der Waals surface area (Å²) < 4.78 is 0. The van der Waals surface area contributed by atoms with E-state index in [1.165, 1.54) is 0 Å². The minimum absolute atomic E-state index is 0.509. The van der Waals surface area contributed by atoms with Crippen molar-refractivity contribution in [2.24, 2.45) is 0 Å². The molecule has 2 unspecified atom stereocenters. The van der Waals surface area contributed by atoms with Gasteiger partial charge in [-0.15, -0.1) is 0 Å². The lowest BCUT2D eigenvalue weighted by molar-refractivity contribution is 0.0101. The van der Waals surface area contributed by atoms with Gasteiger partial charge in [-0.2, -0.15) is 0 Å². The van der Waals surface area contributed by atoms with Crippen molar-refractivity contribution in [3.63, 3.8) is 0 Å². The molecule has 0 spiro atoms. The van der Waals surface area contributed by atoms with Gasteiger partial charge in [-0.05, 0) is 25.7 Å². The maximum atomic E-state index is 9.20. The number of allylic oxidation sites excluding steroid dienone is 2. The smallest absolute Gasteiger partial charge is 0.0802 e. The first-order valence-electron chi connectivity index (χ1n) is 3.82. The second-order valence-corrected chi connectivity index (χ2v) is 2.76. The quantitative estimate of drug-likeness (QED) is 0.492. The van der Waals surface area contributed by atoms with Crippen LogP contribution in [0.1, 0.15) is 25.7 Å². The highest BCUT2D eigenvalue weighted by molar-refractivity contribution is 4.87. The van der Waals surface area contributed by atoms with Gasteiger partial charge in [0, 0.05) is 0 Å². The highest BCUT2D eigenvalue weighted by Crippen LogP contribution is 2.12. The van der Waals surface area contributed by atoms with E-state index < -0.39 is 12.2 Å². The lowest BCUT2D eigenvalue weighted by Crippen LogP contribution is -2.25. The molecule has 0 aromatic rings. The zero-order valence-corrected chi connectivity index (χ0v) is 6.03. The Labute approximate surface area is 61.2 Å². The number of aliphatic hydroxyl groups is 2. The third-order valence-electron chi connectivity index (χ3n) is 1.87. The molecule has 0 aromatic heterocycles. The molecule has 10 heavy (non-hydrogen) atoms. The third kappa shape index (κ3) is 2.12. The van der Waals surface area contributed by atoms with E-state index in [4.69, 9.17) is 0 Å². The molecule has 2 N–H and O–H groups in total. The van der Waals surface area contributed by atoms with Crippen molar-refractivity contribution in [2.75, 3.05) is 0 Å². The van der Waals surface area contributed by atoms with E-state index in [1.54, 1.807) is 0 Å². The summed E-state index contributed by atoms with van der Waals surface area (Å²) in [5.74, 6) is 0. The predicted molar refractivity (Wildman–Crippen MR) is 39.6 cm³/mol. The average Bonchev–Trinajstić information content (AvgIpc) is 1.92. The molecule has 2 atom stereocenters. The summed E-state index contributed by atoms with van der Waals surface area (Å²) in [6.45, 7) is 0. The zero-order chi connectivity index (χ0) is 7.40. The first-order valence-corrected chi connectivity index (χ1v) is 3.82. The van der Waals surface area contributed by atoms with Crippen molar-refractivity contribution in [1.29, 1.82) is 0 Å². The van der Waals surface area contributed by atoms with E-state index in [9.17, 15) is 10.2 Å². The molecule has 1 aliphatic carbocycles. The summed E-state index contributed by atoms with van der Waals surface area (Å²) in [6, 6.07) is 0. The van der Waals surface area contributed by atoms with E-state index in [1.807, 2.05) is 0 Å². The number of aliphatic hydroxyl groups excluding tert-OH is 2. The third-order valence-corrected chi connectivity index (χ3v) is 1.87. The molecule has 58 valence electrons. The first-order chi connectivity index (χ1) is 4.80. The molecule has 1 aliphatic rings. The van der Waals surface area contributed by atoms with Crippen LogP contribution in [0.3, 0.4) is 0 Å². The van der Waals surface area contributed by atoms with Crippen LogP contribution in [0.15, 0.2) is 12.2 Å². The van der Waals surface area contributed by atoms with Crippen LogP contribution in [0.2, 0.25) is 0 Å². The van der Waals surface area contributed by atoms with Gasteiger partial charge in [-0.25, -0.2) is 0 Å². The standard InChI is InChI=1S/C8H14O2/c9-7-5-3-1-2-4-6-8(7)10/h1-2,7-10H,3-6H2/b2-1-. The van der Waals surface area contributed by atoms with Crippen molar-refractivity contribution in [2.45, 2.75) is 37.9 Å². The van der Waals surface area contributed by atoms with Gasteiger partial charge in [-0.1, -0.05) is 12.2 Å². The zero-order valence-electron chi connectivity index (χ0n) is 6.03. The summed E-state index contributed by atoms with van der Waals surface area (Å²) in [4.78, 5) is 0. The molecule has 0 fully saturated rings. The van der Waals surface area contributed by atoms with Gasteiger partial charge in [0.1, 0.15) is 0 Å². The van der Waals surface area contributed by atoms with E-state index in [0.29, 0.717) is 12.8 Å². The summed E-state index contributed by atoms with van der Waals surface area (Å²) in [5, 5.41) is 18.4. The van der Waals surface area contributed by atoms with Gasteiger partial charge in [-0.3, -0.25) is 0 Å². The van der Waals surface area contributed by atoms with Crippen LogP contribution in [0.4, 0.5) is 0 Å². The Bertz CT molecular complexity index is 106. The summed E-state index contributed by atoms with van der Waals surface area (Å²) >= 11 is 0. The molecule has 0 radical (unpaired) electrons. The second kappa shape index (κ2) is 3.74. The van der Waals surface area contributed by atoms with Crippen molar-refractivity contribution in [3.05, 3.63) is 12.2 Å². The van der Waals surface area contributed by atoms with Crippen molar-refractivity contribution in [1.82, 2.24) is 0 Å². The number of hydrogen-bond donors (Lipinski definition) is 2. The molecule has 0 saturated carbocycles. The van der Waals surface area contributed by atoms with Gasteiger partial charge in [0.05, 0.1) is 12.2 Å². The van der Waals surface area contributed by atoms with Crippen LogP contribution in [0, 0.1) is 0 Å². The summed E-state index contributed by atoms with van der Waals surface area (Å²) in [5.41, 5.74) is 0. The summed E-state index contributed by atoms with van der Waals surface area (Å²) in [7, 11) is 0. The number of hydrogen-bond acceptors (Lipinski definition) is 2. The SMILES string of the molecule is OC1CC/C=C\CCC1O. The topological polar surface area (TPSA) is 40.5 Å². The fraction of sp³-hybridized carbons (Fsp3) is 0.750. The lowest BCUT2D eigenvalue weighted by Gasteiger charge is -2.17. The molecular formula is C8H14O2. The molecule has 0 saturated heterocycles. The maximum Gasteiger partial charge on any atom is 0.0802 e. The van der Waals surface area contributed by atoms with Gasteiger partial charge >= 0.3 is 0 Å². The monoisotopic (exact) mass is 142 g/mol. The Hall–Kier alpha value is -0.340. The van der Waals surface area contributed by atoms with Crippen LogP contribution in [0.25, 0.3) is 0 Å². The Morgan fingerprint density at radius 1 is 0.900 bits per heavy atom. The average molecular weight is 142 g/mol. The van der Waals surface area contributed by atoms with Crippen LogP contribution in [-0.4, -0.2) is 22.4 Å². The molecule has 0 bridgehead atoms.